The van der Waals surface area contributed by atoms with E-state index in [1.807, 2.05) is 35.7 Å². The highest BCUT2D eigenvalue weighted by Gasteiger charge is 2.16. The smallest absolute Gasteiger partial charge is 0.268 e. The molecule has 1 N–H and O–H groups in total. The zero-order chi connectivity index (χ0) is 18.8. The van der Waals surface area contributed by atoms with Gasteiger partial charge in [-0.05, 0) is 17.0 Å². The molecule has 7 nitrogen and oxygen atoms in total. The van der Waals surface area contributed by atoms with E-state index in [-0.39, 0.29) is 18.0 Å². The van der Waals surface area contributed by atoms with Crippen LogP contribution in [0.4, 0.5) is 0 Å². The number of aromatic nitrogens is 4. The van der Waals surface area contributed by atoms with Crippen molar-refractivity contribution >= 4 is 27.5 Å². The molecule has 136 valence electrons. The zero-order valence-corrected chi connectivity index (χ0v) is 15.4. The number of fused-ring (bicyclic) bond motifs is 1. The monoisotopic (exact) mass is 379 g/mol. The number of carbonyl (C=O) groups is 1. The number of benzene rings is 1. The van der Waals surface area contributed by atoms with Crippen molar-refractivity contribution in [1.82, 2.24) is 24.6 Å². The lowest BCUT2D eigenvalue weighted by Crippen LogP contribution is -2.28. The van der Waals surface area contributed by atoms with Gasteiger partial charge in [-0.15, -0.1) is 11.3 Å². The molecule has 4 rings (SSSR count). The molecule has 4 aromatic rings. The number of H-pyrrole nitrogens is 1. The van der Waals surface area contributed by atoms with Gasteiger partial charge in [0.1, 0.15) is 10.5 Å². The molecule has 0 aliphatic rings. The summed E-state index contributed by atoms with van der Waals surface area (Å²) >= 11 is 1.35. The van der Waals surface area contributed by atoms with Crippen LogP contribution < -0.4 is 5.56 Å². The minimum Gasteiger partial charge on any atom is -0.334 e. The number of amides is 1. The van der Waals surface area contributed by atoms with Crippen LogP contribution in [0, 0.1) is 0 Å². The second-order valence-electron chi connectivity index (χ2n) is 6.22. The van der Waals surface area contributed by atoms with Crippen molar-refractivity contribution in [2.75, 3.05) is 7.05 Å². The second kappa shape index (κ2) is 7.16. The number of rotatable bonds is 5. The average molecular weight is 379 g/mol. The summed E-state index contributed by atoms with van der Waals surface area (Å²) in [5.74, 6) is 0.279. The lowest BCUT2D eigenvalue weighted by atomic mass is 10.2. The standard InChI is InChI=1S/C19H17N5O2S/c1-23(12-16-21-15-7-8-27-17(15)18(25)22-16)19(26)14-9-20-24(11-14)10-13-5-3-2-4-6-13/h2-9,11H,10,12H2,1H3,(H,21,22,25). The molecule has 0 spiro atoms. The van der Waals surface area contributed by atoms with E-state index in [2.05, 4.69) is 15.1 Å². The maximum Gasteiger partial charge on any atom is 0.268 e. The van der Waals surface area contributed by atoms with Gasteiger partial charge in [-0.3, -0.25) is 14.3 Å². The van der Waals surface area contributed by atoms with Gasteiger partial charge in [0.05, 0.1) is 30.4 Å². The largest absolute Gasteiger partial charge is 0.334 e. The Morgan fingerprint density at radius 2 is 2.07 bits per heavy atom. The third kappa shape index (κ3) is 3.65. The van der Waals surface area contributed by atoms with Gasteiger partial charge in [0.15, 0.2) is 0 Å². The van der Waals surface area contributed by atoms with Crippen molar-refractivity contribution in [3.05, 3.63) is 81.5 Å². The van der Waals surface area contributed by atoms with Gasteiger partial charge in [0.2, 0.25) is 0 Å². The summed E-state index contributed by atoms with van der Waals surface area (Å²) in [7, 11) is 1.68. The molecule has 0 saturated heterocycles. The fraction of sp³-hybridized carbons (Fsp3) is 0.158. The van der Waals surface area contributed by atoms with Crippen LogP contribution in [-0.4, -0.2) is 37.6 Å². The van der Waals surface area contributed by atoms with E-state index in [9.17, 15) is 9.59 Å². The van der Waals surface area contributed by atoms with E-state index >= 15 is 0 Å². The lowest BCUT2D eigenvalue weighted by molar-refractivity contribution is 0.0781. The molecule has 0 atom stereocenters. The van der Waals surface area contributed by atoms with Crippen LogP contribution >= 0.6 is 11.3 Å². The normalized spacial score (nSPS) is 11.0. The molecule has 0 aliphatic heterocycles. The van der Waals surface area contributed by atoms with E-state index in [1.54, 1.807) is 30.2 Å². The number of hydrogen-bond acceptors (Lipinski definition) is 5. The Bertz CT molecular complexity index is 1150. The highest BCUT2D eigenvalue weighted by atomic mass is 32.1. The van der Waals surface area contributed by atoms with Crippen LogP contribution in [0.3, 0.4) is 0 Å². The summed E-state index contributed by atoms with van der Waals surface area (Å²) in [6, 6.07) is 11.7. The number of nitrogens with one attached hydrogen (secondary N) is 1. The molecule has 0 bridgehead atoms. The van der Waals surface area contributed by atoms with Gasteiger partial charge < -0.3 is 9.88 Å². The molecule has 3 aromatic heterocycles. The van der Waals surface area contributed by atoms with Gasteiger partial charge >= 0.3 is 0 Å². The minimum atomic E-state index is -0.179. The number of aromatic amines is 1. The van der Waals surface area contributed by atoms with E-state index in [4.69, 9.17) is 0 Å². The predicted molar refractivity (Wildman–Crippen MR) is 104 cm³/mol. The summed E-state index contributed by atoms with van der Waals surface area (Å²) < 4.78 is 2.32. The molecule has 0 aliphatic carbocycles. The van der Waals surface area contributed by atoms with Crippen LogP contribution in [0.15, 0.2) is 59.0 Å². The maximum atomic E-state index is 12.7. The first-order valence-corrected chi connectivity index (χ1v) is 9.26. The fourth-order valence-electron chi connectivity index (χ4n) is 2.84. The first-order chi connectivity index (χ1) is 13.1. The van der Waals surface area contributed by atoms with Crippen LogP contribution in [0.1, 0.15) is 21.7 Å². The summed E-state index contributed by atoms with van der Waals surface area (Å²) in [5.41, 5.74) is 2.07. The Labute approximate surface area is 158 Å². The Morgan fingerprint density at radius 3 is 2.89 bits per heavy atom. The Morgan fingerprint density at radius 1 is 1.26 bits per heavy atom. The van der Waals surface area contributed by atoms with Crippen molar-refractivity contribution < 1.29 is 4.79 Å². The highest BCUT2D eigenvalue weighted by Crippen LogP contribution is 2.14. The van der Waals surface area contributed by atoms with Crippen molar-refractivity contribution in [3.63, 3.8) is 0 Å². The molecule has 0 saturated carbocycles. The molecular weight excluding hydrogens is 362 g/mol. The van der Waals surface area contributed by atoms with Crippen LogP contribution in [-0.2, 0) is 13.1 Å². The number of hydrogen-bond donors (Lipinski definition) is 1. The molecule has 3 heterocycles. The summed E-state index contributed by atoms with van der Waals surface area (Å²) in [4.78, 5) is 33.4. The molecular formula is C19H17N5O2S. The second-order valence-corrected chi connectivity index (χ2v) is 7.14. The van der Waals surface area contributed by atoms with Crippen LogP contribution in [0.2, 0.25) is 0 Å². The van der Waals surface area contributed by atoms with E-state index in [0.29, 0.717) is 28.1 Å². The molecule has 1 aromatic carbocycles. The summed E-state index contributed by atoms with van der Waals surface area (Å²) in [6.45, 7) is 0.811. The number of thiophene rings is 1. The topological polar surface area (TPSA) is 83.9 Å². The Balaban J connectivity index is 1.48. The molecule has 0 unspecified atom stereocenters. The molecule has 8 heteroatoms. The number of nitrogens with zero attached hydrogens (tertiary/aromatic N) is 4. The summed E-state index contributed by atoms with van der Waals surface area (Å²) in [6.07, 6.45) is 3.28. The third-order valence-electron chi connectivity index (χ3n) is 4.17. The lowest BCUT2D eigenvalue weighted by Gasteiger charge is -2.15. The molecule has 27 heavy (non-hydrogen) atoms. The van der Waals surface area contributed by atoms with Crippen LogP contribution in [0.5, 0.6) is 0 Å². The molecule has 0 fully saturated rings. The highest BCUT2D eigenvalue weighted by molar-refractivity contribution is 7.17. The van der Waals surface area contributed by atoms with Gasteiger partial charge in [-0.25, -0.2) is 4.98 Å². The predicted octanol–water partition coefficient (Wildman–Crippen LogP) is 2.50. The summed E-state index contributed by atoms with van der Waals surface area (Å²) in [5, 5.41) is 6.09. The maximum absolute atomic E-state index is 12.7. The zero-order valence-electron chi connectivity index (χ0n) is 14.6. The first-order valence-electron chi connectivity index (χ1n) is 8.38. The first kappa shape index (κ1) is 17.2. The van der Waals surface area contributed by atoms with Gasteiger partial charge in [-0.2, -0.15) is 5.10 Å². The van der Waals surface area contributed by atoms with Gasteiger partial charge in [0, 0.05) is 13.2 Å². The van der Waals surface area contributed by atoms with Crippen LogP contribution in [0.25, 0.3) is 10.2 Å². The van der Waals surface area contributed by atoms with Crippen molar-refractivity contribution in [2.45, 2.75) is 13.1 Å². The fourth-order valence-corrected chi connectivity index (χ4v) is 3.57. The SMILES string of the molecule is CN(Cc1nc2ccsc2c(=O)[nH]1)C(=O)c1cnn(Cc2ccccc2)c1. The average Bonchev–Trinajstić information content (AvgIpc) is 3.31. The molecule has 0 radical (unpaired) electrons. The van der Waals surface area contributed by atoms with Crippen molar-refractivity contribution in [1.29, 1.82) is 0 Å². The van der Waals surface area contributed by atoms with E-state index in [0.717, 1.165) is 5.56 Å². The molecule has 1 amide bonds. The van der Waals surface area contributed by atoms with E-state index in [1.165, 1.54) is 16.2 Å². The van der Waals surface area contributed by atoms with Gasteiger partial charge in [0.25, 0.3) is 11.5 Å². The van der Waals surface area contributed by atoms with Gasteiger partial charge in [-0.1, -0.05) is 30.3 Å². The third-order valence-corrected chi connectivity index (χ3v) is 5.07. The van der Waals surface area contributed by atoms with Crippen molar-refractivity contribution in [2.24, 2.45) is 0 Å². The minimum absolute atomic E-state index is 0.178. The number of carbonyl (C=O) groups excluding carboxylic acids is 1. The quantitative estimate of drug-likeness (QED) is 0.577. The Kier molecular flexibility index (Phi) is 4.55. The Hall–Kier alpha value is -3.26. The van der Waals surface area contributed by atoms with E-state index < -0.39 is 0 Å². The van der Waals surface area contributed by atoms with Crippen molar-refractivity contribution in [3.8, 4) is 0 Å².